The molecule has 2 N–H and O–H groups in total. The lowest BCUT2D eigenvalue weighted by molar-refractivity contribution is 0.0635. The van der Waals surface area contributed by atoms with Crippen molar-refractivity contribution >= 4 is 70.0 Å². The van der Waals surface area contributed by atoms with Gasteiger partial charge in [-0.1, -0.05) is 7.43 Å². The molecule has 61 heavy (non-hydrogen) atoms. The summed E-state index contributed by atoms with van der Waals surface area (Å²) in [4.78, 5) is 33.3. The van der Waals surface area contributed by atoms with Gasteiger partial charge in [0, 0.05) is 49.1 Å². The van der Waals surface area contributed by atoms with E-state index in [1.807, 2.05) is 6.92 Å². The molecule has 2 heterocycles. The molecule has 4 aromatic rings. The third-order valence-electron chi connectivity index (χ3n) is 6.92. The van der Waals surface area contributed by atoms with Crippen LogP contribution >= 0.6 is 37.9 Å². The van der Waals surface area contributed by atoms with Crippen LogP contribution in [0.2, 0.25) is 0 Å². The minimum Gasteiger partial charge on any atom is -0.488 e. The van der Waals surface area contributed by atoms with Gasteiger partial charge in [0.15, 0.2) is 20.1 Å². The molecule has 0 saturated carbocycles. The first-order valence-electron chi connectivity index (χ1n) is 18.2. The smallest absolute Gasteiger partial charge is 0.413 e. The van der Waals surface area contributed by atoms with Gasteiger partial charge >= 0.3 is 21.3 Å². The van der Waals surface area contributed by atoms with Crippen LogP contribution in [0.25, 0.3) is 0 Å². The average Bonchev–Trinajstić information content (AvgIpc) is 3.78. The van der Waals surface area contributed by atoms with Crippen molar-refractivity contribution in [1.29, 1.82) is 0 Å². The minimum atomic E-state index is -3.35. The Morgan fingerprint density at radius 2 is 1.31 bits per heavy atom. The number of carbonyl (C=O) groups is 2. The Bertz CT molecular complexity index is 2230. The monoisotopic (exact) mass is 950 g/mol. The molecule has 340 valence electrons. The van der Waals surface area contributed by atoms with Crippen molar-refractivity contribution < 1.29 is 64.2 Å². The van der Waals surface area contributed by atoms with Crippen LogP contribution in [-0.4, -0.2) is 88.6 Å². The van der Waals surface area contributed by atoms with Gasteiger partial charge in [0.25, 0.3) is 5.91 Å². The molecule has 23 heteroatoms. The van der Waals surface area contributed by atoms with E-state index in [9.17, 15) is 27.1 Å². The molecule has 2 unspecified atom stereocenters. The number of amides is 2. The van der Waals surface area contributed by atoms with Gasteiger partial charge in [0.1, 0.15) is 29.0 Å². The number of methoxy groups -OCH3 is 1. The maximum Gasteiger partial charge on any atom is 0.413 e. The Morgan fingerprint density at radius 1 is 0.803 bits per heavy atom. The SMILES string of the molecule is C.CCOP(C)(=O)OCc1csc(NC(=O)OC(C)(C)C)n1.CCOP(C)(=O)OCc1csc(NC(=O)c2cc(Oc3ccc(S(C)(=O)=O)cc3)cc(O[C@@H](C)COC)c2)n1. The summed E-state index contributed by atoms with van der Waals surface area (Å²) in [5, 5.41) is 9.37. The molecule has 2 aromatic heterocycles. The maximum atomic E-state index is 13.1. The topological polar surface area (TPSA) is 226 Å². The number of nitrogens with one attached hydrogen (secondary N) is 2. The minimum absolute atomic E-state index is 0. The van der Waals surface area contributed by atoms with E-state index in [0.717, 1.165) is 6.26 Å². The maximum absolute atomic E-state index is 13.1. The lowest BCUT2D eigenvalue weighted by Gasteiger charge is -2.18. The molecule has 0 spiro atoms. The molecule has 0 saturated heterocycles. The van der Waals surface area contributed by atoms with E-state index in [1.54, 1.807) is 64.6 Å². The number of benzene rings is 2. The zero-order valence-electron chi connectivity index (χ0n) is 35.0. The van der Waals surface area contributed by atoms with E-state index < -0.39 is 42.6 Å². The fourth-order valence-corrected chi connectivity index (χ4v) is 8.38. The molecule has 0 aliphatic carbocycles. The second kappa shape index (κ2) is 24.2. The summed E-state index contributed by atoms with van der Waals surface area (Å²) >= 11 is 2.42. The van der Waals surface area contributed by atoms with E-state index in [2.05, 4.69) is 20.6 Å². The average molecular weight is 951 g/mol. The first kappa shape index (κ1) is 53.4. The Kier molecular flexibility index (Phi) is 21.2. The zero-order chi connectivity index (χ0) is 44.7. The molecular weight excluding hydrogens is 895 g/mol. The standard InChI is InChI=1S/C25H31N2O9PS2.C12H21N2O5PS.CH4/c1-6-33-37(4,29)34-15-19-16-38-25(26-19)27-24(28)18-11-21(35-17(2)14-32-3)13-22(12-18)36-20-7-9-23(10-8-20)39(5,30)31;1-6-17-20(5,16)18-7-9-8-21-10(13-9)14-11(15)19-12(2,3)4;/h7-13,16-17H,6,14-15H2,1-5H3,(H,26,27,28);8H,6-7H2,1-5H3,(H,13,14,15);1H4/t17-,37?;;/m0../s1. The van der Waals surface area contributed by atoms with Crippen LogP contribution in [0.5, 0.6) is 17.2 Å². The number of hydrogen-bond acceptors (Lipinski definition) is 18. The van der Waals surface area contributed by atoms with E-state index in [4.69, 9.17) is 37.0 Å². The summed E-state index contributed by atoms with van der Waals surface area (Å²) in [6, 6.07) is 10.6. The first-order valence-corrected chi connectivity index (χ1v) is 25.8. The molecule has 2 aromatic carbocycles. The summed E-state index contributed by atoms with van der Waals surface area (Å²) in [6.45, 7) is 14.3. The van der Waals surface area contributed by atoms with Crippen molar-refractivity contribution in [2.45, 2.75) is 78.8 Å². The summed E-state index contributed by atoms with van der Waals surface area (Å²) in [6.07, 6.45) is 0.250. The predicted molar refractivity (Wildman–Crippen MR) is 237 cm³/mol. The first-order chi connectivity index (χ1) is 28.0. The zero-order valence-corrected chi connectivity index (χ0v) is 39.3. The number of rotatable bonds is 20. The van der Waals surface area contributed by atoms with E-state index in [-0.39, 0.29) is 43.8 Å². The number of anilines is 2. The van der Waals surface area contributed by atoms with Crippen LogP contribution in [0.15, 0.2) is 58.1 Å². The Morgan fingerprint density at radius 3 is 1.79 bits per heavy atom. The van der Waals surface area contributed by atoms with Gasteiger partial charge in [-0.2, -0.15) is 0 Å². The number of hydrogen-bond donors (Lipinski definition) is 2. The van der Waals surface area contributed by atoms with Gasteiger partial charge in [-0.05, 0) is 77.9 Å². The summed E-state index contributed by atoms with van der Waals surface area (Å²) in [5.74, 6) is 0.588. The number of nitrogens with zero attached hydrogens (tertiary/aromatic N) is 2. The molecule has 0 radical (unpaired) electrons. The number of aromatic nitrogens is 2. The molecule has 0 bridgehead atoms. The van der Waals surface area contributed by atoms with Crippen molar-refractivity contribution in [1.82, 2.24) is 9.97 Å². The van der Waals surface area contributed by atoms with E-state index >= 15 is 0 Å². The van der Waals surface area contributed by atoms with Crippen LogP contribution in [0.4, 0.5) is 15.1 Å². The molecule has 3 atom stereocenters. The van der Waals surface area contributed by atoms with Gasteiger partial charge < -0.3 is 37.0 Å². The second-order valence-electron chi connectivity index (χ2n) is 13.7. The number of ether oxygens (including phenoxy) is 4. The van der Waals surface area contributed by atoms with Crippen molar-refractivity contribution in [3.8, 4) is 17.2 Å². The number of carbonyl (C=O) groups excluding carboxylic acids is 2. The fourth-order valence-electron chi connectivity index (χ4n) is 4.55. The fraction of sp³-hybridized carbons (Fsp3) is 0.474. The normalized spacial score (nSPS) is 13.9. The van der Waals surface area contributed by atoms with E-state index in [0.29, 0.717) is 52.1 Å². The van der Waals surface area contributed by atoms with Crippen LogP contribution in [0, 0.1) is 0 Å². The molecule has 18 nitrogen and oxygen atoms in total. The summed E-state index contributed by atoms with van der Waals surface area (Å²) in [5.41, 5.74) is 0.721. The highest BCUT2D eigenvalue weighted by Crippen LogP contribution is 2.45. The third kappa shape index (κ3) is 20.3. The highest BCUT2D eigenvalue weighted by atomic mass is 32.2. The highest BCUT2D eigenvalue weighted by molar-refractivity contribution is 7.90. The van der Waals surface area contributed by atoms with Crippen molar-refractivity contribution in [2.24, 2.45) is 0 Å². The van der Waals surface area contributed by atoms with Gasteiger partial charge in [0.05, 0.1) is 49.3 Å². The largest absolute Gasteiger partial charge is 0.488 e. The lowest BCUT2D eigenvalue weighted by Crippen LogP contribution is -2.27. The van der Waals surface area contributed by atoms with Crippen LogP contribution in [-0.2, 0) is 59.7 Å². The molecule has 2 amide bonds. The van der Waals surface area contributed by atoms with Crippen molar-refractivity contribution in [2.75, 3.05) is 57.1 Å². The second-order valence-corrected chi connectivity index (χ2v) is 21.6. The van der Waals surface area contributed by atoms with Crippen molar-refractivity contribution in [3.05, 3.63) is 70.2 Å². The Hall–Kier alpha value is -3.75. The summed E-state index contributed by atoms with van der Waals surface area (Å²) < 4.78 is 90.0. The lowest BCUT2D eigenvalue weighted by atomic mass is 10.2. The van der Waals surface area contributed by atoms with Gasteiger partial charge in [0.2, 0.25) is 0 Å². The molecule has 0 aliphatic heterocycles. The van der Waals surface area contributed by atoms with Crippen LogP contribution in [0.1, 0.15) is 70.7 Å². The number of thiazole rings is 2. The van der Waals surface area contributed by atoms with Gasteiger partial charge in [-0.15, -0.1) is 22.7 Å². The Labute approximate surface area is 366 Å². The predicted octanol–water partition coefficient (Wildman–Crippen LogP) is 9.88. The highest BCUT2D eigenvalue weighted by Gasteiger charge is 2.21. The van der Waals surface area contributed by atoms with Gasteiger partial charge in [-0.3, -0.25) is 24.6 Å². The van der Waals surface area contributed by atoms with Crippen LogP contribution in [0.3, 0.4) is 0 Å². The van der Waals surface area contributed by atoms with E-state index in [1.165, 1.54) is 66.3 Å². The molecule has 4 rings (SSSR count). The third-order valence-corrected chi connectivity index (χ3v) is 12.3. The van der Waals surface area contributed by atoms with Crippen LogP contribution < -0.4 is 20.1 Å². The molecule has 0 aliphatic rings. The quantitative estimate of drug-likeness (QED) is 0.0786. The number of sulfone groups is 1. The summed E-state index contributed by atoms with van der Waals surface area (Å²) in [7, 11) is -8.03. The Balaban J connectivity index is 0.000000494. The molecular formula is C38H56N4O14P2S3. The molecule has 0 fully saturated rings. The van der Waals surface area contributed by atoms with Gasteiger partial charge in [-0.25, -0.2) is 23.2 Å². The van der Waals surface area contributed by atoms with Crippen molar-refractivity contribution in [3.63, 3.8) is 0 Å².